The molecule has 0 amide bonds. The van der Waals surface area contributed by atoms with Crippen molar-refractivity contribution in [3.05, 3.63) is 191 Å². The van der Waals surface area contributed by atoms with Gasteiger partial charge in [-0.1, -0.05) is 192 Å². The molecule has 0 saturated heterocycles. The average molecular weight is 933 g/mol. The van der Waals surface area contributed by atoms with E-state index in [-0.39, 0.29) is 22.4 Å². The summed E-state index contributed by atoms with van der Waals surface area (Å²) in [4.78, 5) is 10.0. The summed E-state index contributed by atoms with van der Waals surface area (Å²) in [6.07, 6.45) is -0.610. The lowest BCUT2D eigenvalue weighted by Crippen LogP contribution is -2.17. The molecule has 0 aliphatic rings. The molecule has 2 aromatic heterocycles. The van der Waals surface area contributed by atoms with Crippen molar-refractivity contribution in [2.24, 2.45) is 0 Å². The van der Waals surface area contributed by atoms with Gasteiger partial charge in [-0.05, 0) is 139 Å². The van der Waals surface area contributed by atoms with Gasteiger partial charge in [0.05, 0.1) is 37.6 Å². The molecular formula is C66H69N3O. The Hall–Kier alpha value is -7.04. The monoisotopic (exact) mass is 933 g/mol. The SMILES string of the molecule is [2H]c1nc(-c2cc(-c3cccc4c3nc(-c3cc(C(C)(C)C)cc(C(C)(C)C)c3O)n4-c3cc(C([2H])([2H])[2H])c(-c4ccc(C(C)(C)C)cc4)cc3-c3ccccc3)cc(C(C)(C)C)c2)c([2H])c(-c2c([2H])c([2H])c(C([2H])([2H])[2H])c([2H])c2[2H])c1[2H]. The number of phenols is 1. The number of hydrogen-bond acceptors (Lipinski definition) is 3. The summed E-state index contributed by atoms with van der Waals surface area (Å²) in [5, 5.41) is 12.8. The van der Waals surface area contributed by atoms with Gasteiger partial charge >= 0.3 is 0 Å². The Labute approximate surface area is 435 Å². The summed E-state index contributed by atoms with van der Waals surface area (Å²) >= 11 is 0. The van der Waals surface area contributed by atoms with Crippen molar-refractivity contribution >= 4 is 11.0 Å². The molecule has 0 aliphatic heterocycles. The standard InChI is InChI=1S/C66H69N3O/c1-41-23-25-43(26-24-41)46-31-32-67-57(37-46)48-34-47(35-50(36-48)64(6,7)8)52-21-18-22-58-60(52)68-62(55-38-51(65(9,10)11)39-56(61(55)70)66(12,13)14)69(58)59-33-42(2)53(40-54(59)44-19-16-15-17-20-44)45-27-29-49(30-28-45)63(3,4)5/h15-40,70H,1-14H3/i1D3,2D3,23D,24D,25D,26D,31D,32D,37D. The van der Waals surface area contributed by atoms with Gasteiger partial charge in [-0.3, -0.25) is 9.55 Å². The Bertz CT molecular complexity index is 4030. The summed E-state index contributed by atoms with van der Waals surface area (Å²) < 4.78 is 116. The molecule has 70 heavy (non-hydrogen) atoms. The van der Waals surface area contributed by atoms with Crippen LogP contribution in [0.3, 0.4) is 0 Å². The fourth-order valence-electron chi connectivity index (χ4n) is 8.95. The van der Waals surface area contributed by atoms with Crippen molar-refractivity contribution in [1.29, 1.82) is 0 Å². The topological polar surface area (TPSA) is 50.9 Å². The molecule has 0 spiro atoms. The third-order valence-corrected chi connectivity index (χ3v) is 13.1. The second kappa shape index (κ2) is 17.7. The number of phenolic OH excluding ortho intramolecular Hbond substituents is 1. The second-order valence-electron chi connectivity index (χ2n) is 22.5. The van der Waals surface area contributed by atoms with Crippen LogP contribution in [0.15, 0.2) is 158 Å². The first kappa shape index (κ1) is 34.3. The van der Waals surface area contributed by atoms with Gasteiger partial charge in [0, 0.05) is 36.7 Å². The number of nitrogens with zero attached hydrogens (tertiary/aromatic N) is 3. The first-order valence-electron chi connectivity index (χ1n) is 30.3. The zero-order valence-electron chi connectivity index (χ0n) is 55.3. The van der Waals surface area contributed by atoms with Gasteiger partial charge in [0.15, 0.2) is 0 Å². The zero-order valence-corrected chi connectivity index (χ0v) is 42.3. The van der Waals surface area contributed by atoms with Gasteiger partial charge in [-0.15, -0.1) is 0 Å². The molecule has 2 heterocycles. The fourth-order valence-corrected chi connectivity index (χ4v) is 8.95. The lowest BCUT2D eigenvalue weighted by atomic mass is 9.79. The maximum atomic E-state index is 12.8. The molecule has 9 rings (SSSR count). The van der Waals surface area contributed by atoms with Gasteiger partial charge in [-0.25, -0.2) is 4.98 Å². The molecule has 0 bridgehead atoms. The van der Waals surface area contributed by atoms with Gasteiger partial charge < -0.3 is 5.11 Å². The summed E-state index contributed by atoms with van der Waals surface area (Å²) in [5.41, 5.74) is 6.35. The number of aromatic hydroxyl groups is 1. The van der Waals surface area contributed by atoms with Gasteiger partial charge in [0.1, 0.15) is 11.6 Å². The number of pyridine rings is 1. The van der Waals surface area contributed by atoms with Crippen LogP contribution >= 0.6 is 0 Å². The fraction of sp³-hybridized carbons (Fsp3) is 0.273. The van der Waals surface area contributed by atoms with Crippen molar-refractivity contribution in [1.82, 2.24) is 14.5 Å². The van der Waals surface area contributed by atoms with E-state index in [1.807, 2.05) is 149 Å². The number of imidazole rings is 1. The van der Waals surface area contributed by atoms with Crippen molar-refractivity contribution in [2.75, 3.05) is 0 Å². The van der Waals surface area contributed by atoms with Crippen LogP contribution < -0.4 is 0 Å². The van der Waals surface area contributed by atoms with Crippen LogP contribution in [-0.4, -0.2) is 19.6 Å². The van der Waals surface area contributed by atoms with E-state index >= 15 is 0 Å². The molecular weight excluding hydrogens is 851 g/mol. The maximum absolute atomic E-state index is 12.8. The average Bonchev–Trinajstić information content (AvgIpc) is 3.00. The third kappa shape index (κ3) is 9.37. The molecule has 0 radical (unpaired) electrons. The van der Waals surface area contributed by atoms with Crippen molar-refractivity contribution in [3.63, 3.8) is 0 Å². The Morgan fingerprint density at radius 2 is 1.16 bits per heavy atom. The van der Waals surface area contributed by atoms with Crippen LogP contribution in [0.5, 0.6) is 5.75 Å². The molecule has 4 heteroatoms. The summed E-state index contributed by atoms with van der Waals surface area (Å²) in [6, 6.07) is 32.4. The molecule has 7 aromatic carbocycles. The number of fused-ring (bicyclic) bond motifs is 1. The highest BCUT2D eigenvalue weighted by molar-refractivity contribution is 5.98. The largest absolute Gasteiger partial charge is 0.507 e. The van der Waals surface area contributed by atoms with Crippen LogP contribution in [0.4, 0.5) is 0 Å². The molecule has 4 nitrogen and oxygen atoms in total. The van der Waals surface area contributed by atoms with Gasteiger partial charge in [0.2, 0.25) is 0 Å². The first-order valence-corrected chi connectivity index (χ1v) is 23.8. The van der Waals surface area contributed by atoms with Crippen LogP contribution in [0.2, 0.25) is 0 Å². The van der Waals surface area contributed by atoms with Crippen molar-refractivity contribution in [3.8, 4) is 78.6 Å². The van der Waals surface area contributed by atoms with Gasteiger partial charge in [-0.2, -0.15) is 0 Å². The molecule has 0 unspecified atom stereocenters. The molecule has 9 aromatic rings. The minimum Gasteiger partial charge on any atom is -0.507 e. The quantitative estimate of drug-likeness (QED) is 0.173. The molecule has 0 saturated carbocycles. The van der Waals surface area contributed by atoms with Crippen LogP contribution in [-0.2, 0) is 21.7 Å². The predicted octanol–water partition coefficient (Wildman–Crippen LogP) is 17.9. The Morgan fingerprint density at radius 3 is 1.80 bits per heavy atom. The first-order chi connectivity index (χ1) is 38.3. The number of hydrogen-bond donors (Lipinski definition) is 1. The van der Waals surface area contributed by atoms with E-state index in [0.717, 1.165) is 27.8 Å². The van der Waals surface area contributed by atoms with E-state index in [1.165, 1.54) is 0 Å². The highest BCUT2D eigenvalue weighted by atomic mass is 16.3. The van der Waals surface area contributed by atoms with E-state index in [0.29, 0.717) is 61.5 Å². The van der Waals surface area contributed by atoms with E-state index in [4.69, 9.17) is 21.4 Å². The van der Waals surface area contributed by atoms with Gasteiger partial charge in [0.25, 0.3) is 0 Å². The molecule has 0 fully saturated rings. The number of benzene rings is 7. The smallest absolute Gasteiger partial charge is 0.149 e. The Kier molecular flexibility index (Phi) is 8.68. The molecule has 354 valence electrons. The lowest BCUT2D eigenvalue weighted by molar-refractivity contribution is 0.446. The summed E-state index contributed by atoms with van der Waals surface area (Å²) in [7, 11) is 0. The normalized spacial score (nSPS) is 15.5. The highest BCUT2D eigenvalue weighted by Crippen LogP contribution is 2.47. The number of aryl methyl sites for hydroxylation is 1. The molecule has 0 aliphatic carbocycles. The van der Waals surface area contributed by atoms with E-state index in [9.17, 15) is 6.48 Å². The van der Waals surface area contributed by atoms with Crippen molar-refractivity contribution < 1.29 is 22.9 Å². The third-order valence-electron chi connectivity index (χ3n) is 13.1. The van der Waals surface area contributed by atoms with Crippen LogP contribution in [0.1, 0.15) is 134 Å². The van der Waals surface area contributed by atoms with E-state index in [1.54, 1.807) is 12.1 Å². The number of rotatable bonds is 7. The molecule has 0 atom stereocenters. The Balaban J connectivity index is 1.41. The predicted molar refractivity (Wildman–Crippen MR) is 297 cm³/mol. The number of para-hydroxylation sites is 1. The minimum absolute atomic E-state index is 0.0113. The van der Waals surface area contributed by atoms with E-state index < -0.39 is 89.1 Å². The number of aromatic nitrogens is 3. The van der Waals surface area contributed by atoms with Crippen LogP contribution in [0, 0.1) is 13.7 Å². The highest BCUT2D eigenvalue weighted by Gasteiger charge is 2.30. The Morgan fingerprint density at radius 1 is 0.500 bits per heavy atom. The van der Waals surface area contributed by atoms with E-state index in [2.05, 4.69) is 46.5 Å². The second-order valence-corrected chi connectivity index (χ2v) is 22.5. The van der Waals surface area contributed by atoms with Crippen LogP contribution in [0.25, 0.3) is 83.9 Å². The summed E-state index contributed by atoms with van der Waals surface area (Å²) in [5.74, 6) is 0.343. The molecule has 1 N–H and O–H groups in total. The van der Waals surface area contributed by atoms with Crippen molar-refractivity contribution in [2.45, 2.75) is 118 Å². The lowest BCUT2D eigenvalue weighted by Gasteiger charge is -2.28. The summed E-state index contributed by atoms with van der Waals surface area (Å²) in [6.45, 7) is 19.2. The minimum atomic E-state index is -3.00. The zero-order chi connectivity index (χ0) is 61.2. The maximum Gasteiger partial charge on any atom is 0.149 e.